The zero-order chi connectivity index (χ0) is 12.6. The SMILES string of the molecule is COC(=O)c1cc(Br)c2c(c1)C=CC(C)(C)O2. The van der Waals surface area contributed by atoms with Gasteiger partial charge >= 0.3 is 5.97 Å². The van der Waals surface area contributed by atoms with E-state index in [0.717, 1.165) is 15.8 Å². The van der Waals surface area contributed by atoms with Crippen LogP contribution in [0.25, 0.3) is 6.08 Å². The first-order valence-corrected chi connectivity index (χ1v) is 6.02. The predicted octanol–water partition coefficient (Wildman–Crippen LogP) is 3.42. The molecule has 0 saturated heterocycles. The topological polar surface area (TPSA) is 35.5 Å². The molecule has 90 valence electrons. The van der Waals surface area contributed by atoms with Gasteiger partial charge in [-0.25, -0.2) is 4.79 Å². The smallest absolute Gasteiger partial charge is 0.337 e. The van der Waals surface area contributed by atoms with E-state index in [2.05, 4.69) is 15.9 Å². The van der Waals surface area contributed by atoms with Gasteiger partial charge in [0.15, 0.2) is 0 Å². The van der Waals surface area contributed by atoms with Crippen LogP contribution in [0.5, 0.6) is 5.75 Å². The molecular weight excluding hydrogens is 284 g/mol. The number of benzene rings is 1. The second-order valence-electron chi connectivity index (χ2n) is 4.41. The van der Waals surface area contributed by atoms with Crippen LogP contribution in [0.1, 0.15) is 29.8 Å². The number of fused-ring (bicyclic) bond motifs is 1. The van der Waals surface area contributed by atoms with Crippen LogP contribution in [-0.4, -0.2) is 18.7 Å². The molecule has 0 amide bonds. The molecule has 4 heteroatoms. The van der Waals surface area contributed by atoms with Gasteiger partial charge in [0.2, 0.25) is 0 Å². The van der Waals surface area contributed by atoms with Gasteiger partial charge in [-0.1, -0.05) is 6.08 Å². The number of esters is 1. The number of hydrogen-bond donors (Lipinski definition) is 0. The maximum Gasteiger partial charge on any atom is 0.337 e. The Bertz CT molecular complexity index is 504. The van der Waals surface area contributed by atoms with Crippen LogP contribution in [-0.2, 0) is 4.74 Å². The van der Waals surface area contributed by atoms with Crippen LogP contribution in [0, 0.1) is 0 Å². The zero-order valence-corrected chi connectivity index (χ0v) is 11.5. The van der Waals surface area contributed by atoms with Gasteiger partial charge in [0.05, 0.1) is 17.1 Å². The summed E-state index contributed by atoms with van der Waals surface area (Å²) in [6, 6.07) is 3.47. The molecule has 1 heterocycles. The van der Waals surface area contributed by atoms with Gasteiger partial charge in [-0.3, -0.25) is 0 Å². The maximum atomic E-state index is 11.5. The first kappa shape index (κ1) is 12.2. The third kappa shape index (κ3) is 2.36. The van der Waals surface area contributed by atoms with Crippen LogP contribution in [0.3, 0.4) is 0 Å². The molecule has 0 saturated carbocycles. The van der Waals surface area contributed by atoms with E-state index in [1.165, 1.54) is 7.11 Å². The van der Waals surface area contributed by atoms with Gasteiger partial charge < -0.3 is 9.47 Å². The summed E-state index contributed by atoms with van der Waals surface area (Å²) in [4.78, 5) is 11.5. The molecule has 1 aliphatic rings. The molecule has 1 aromatic rings. The molecule has 0 bridgehead atoms. The molecule has 3 nitrogen and oxygen atoms in total. The fraction of sp³-hybridized carbons (Fsp3) is 0.308. The van der Waals surface area contributed by atoms with Crippen molar-refractivity contribution in [3.05, 3.63) is 33.8 Å². The van der Waals surface area contributed by atoms with Crippen LogP contribution >= 0.6 is 15.9 Å². The Morgan fingerprint density at radius 3 is 2.76 bits per heavy atom. The Balaban J connectivity index is 2.50. The Morgan fingerprint density at radius 1 is 1.41 bits per heavy atom. The predicted molar refractivity (Wildman–Crippen MR) is 69.2 cm³/mol. The lowest BCUT2D eigenvalue weighted by Crippen LogP contribution is -2.27. The minimum atomic E-state index is -0.355. The van der Waals surface area contributed by atoms with Crippen molar-refractivity contribution in [2.45, 2.75) is 19.4 Å². The second kappa shape index (κ2) is 4.18. The number of hydrogen-bond acceptors (Lipinski definition) is 3. The van der Waals surface area contributed by atoms with E-state index >= 15 is 0 Å². The molecule has 0 fully saturated rings. The van der Waals surface area contributed by atoms with E-state index in [1.807, 2.05) is 26.0 Å². The summed E-state index contributed by atoms with van der Waals surface area (Å²) in [5, 5.41) is 0. The largest absolute Gasteiger partial charge is 0.482 e. The number of halogens is 1. The summed E-state index contributed by atoms with van der Waals surface area (Å²) in [6.07, 6.45) is 3.92. The Kier molecular flexibility index (Phi) is 3.00. The highest BCUT2D eigenvalue weighted by Gasteiger charge is 2.24. The standard InChI is InChI=1S/C13H13BrO3/c1-13(2)5-4-8-6-9(12(15)16-3)7-10(14)11(8)17-13/h4-7H,1-3H3. The molecule has 0 radical (unpaired) electrons. The van der Waals surface area contributed by atoms with Crippen molar-refractivity contribution in [1.29, 1.82) is 0 Å². The van der Waals surface area contributed by atoms with Crippen LogP contribution in [0.15, 0.2) is 22.7 Å². The molecule has 1 aromatic carbocycles. The highest BCUT2D eigenvalue weighted by atomic mass is 79.9. The molecule has 1 aliphatic heterocycles. The summed E-state index contributed by atoms with van der Waals surface area (Å²) in [7, 11) is 1.37. The normalized spacial score (nSPS) is 16.0. The summed E-state index contributed by atoms with van der Waals surface area (Å²) < 4.78 is 11.3. The third-order valence-corrected chi connectivity index (χ3v) is 3.11. The average Bonchev–Trinajstić information content (AvgIpc) is 2.28. The van der Waals surface area contributed by atoms with Gasteiger partial charge in [-0.15, -0.1) is 0 Å². The number of carbonyl (C=O) groups excluding carboxylic acids is 1. The third-order valence-electron chi connectivity index (χ3n) is 2.52. The van der Waals surface area contributed by atoms with E-state index in [1.54, 1.807) is 12.1 Å². The van der Waals surface area contributed by atoms with Gasteiger partial charge in [0.1, 0.15) is 11.4 Å². The van der Waals surface area contributed by atoms with Gasteiger partial charge in [-0.05, 0) is 48.0 Å². The summed E-state index contributed by atoms with van der Waals surface area (Å²) in [5.41, 5.74) is 1.05. The van der Waals surface area contributed by atoms with Crippen molar-refractivity contribution >= 4 is 28.0 Å². The molecule has 0 unspecified atom stereocenters. The van der Waals surface area contributed by atoms with Crippen molar-refractivity contribution in [2.75, 3.05) is 7.11 Å². The van der Waals surface area contributed by atoms with Crippen LogP contribution < -0.4 is 4.74 Å². The average molecular weight is 297 g/mol. The molecule has 0 aliphatic carbocycles. The summed E-state index contributed by atoms with van der Waals surface area (Å²) in [5.74, 6) is 0.400. The van der Waals surface area contributed by atoms with E-state index in [0.29, 0.717) is 5.56 Å². The first-order chi connectivity index (χ1) is 7.93. The minimum Gasteiger partial charge on any atom is -0.482 e. The Morgan fingerprint density at radius 2 is 2.12 bits per heavy atom. The zero-order valence-electron chi connectivity index (χ0n) is 9.91. The van der Waals surface area contributed by atoms with Gasteiger partial charge in [0.25, 0.3) is 0 Å². The van der Waals surface area contributed by atoms with Crippen LogP contribution in [0.2, 0.25) is 0 Å². The van der Waals surface area contributed by atoms with Gasteiger partial charge in [-0.2, -0.15) is 0 Å². The van der Waals surface area contributed by atoms with E-state index in [-0.39, 0.29) is 11.6 Å². The quantitative estimate of drug-likeness (QED) is 0.745. The number of rotatable bonds is 1. The van der Waals surface area contributed by atoms with Gasteiger partial charge in [0, 0.05) is 5.56 Å². The molecular formula is C13H13BrO3. The molecule has 0 spiro atoms. The molecule has 0 atom stereocenters. The van der Waals surface area contributed by atoms with Crippen molar-refractivity contribution < 1.29 is 14.3 Å². The Labute approximate surface area is 109 Å². The fourth-order valence-corrected chi connectivity index (χ4v) is 2.23. The lowest BCUT2D eigenvalue weighted by Gasteiger charge is -2.28. The minimum absolute atomic E-state index is 0.331. The van der Waals surface area contributed by atoms with Crippen LogP contribution in [0.4, 0.5) is 0 Å². The van der Waals surface area contributed by atoms with E-state index in [4.69, 9.17) is 9.47 Å². The first-order valence-electron chi connectivity index (χ1n) is 5.23. The highest BCUT2D eigenvalue weighted by molar-refractivity contribution is 9.10. The maximum absolute atomic E-state index is 11.5. The summed E-state index contributed by atoms with van der Waals surface area (Å²) >= 11 is 3.42. The lowest BCUT2D eigenvalue weighted by molar-refractivity contribution is 0.0600. The Hall–Kier alpha value is -1.29. The second-order valence-corrected chi connectivity index (χ2v) is 5.26. The number of ether oxygens (including phenoxy) is 2. The van der Waals surface area contributed by atoms with Crippen molar-refractivity contribution in [1.82, 2.24) is 0 Å². The highest BCUT2D eigenvalue weighted by Crippen LogP contribution is 2.38. The van der Waals surface area contributed by atoms with E-state index in [9.17, 15) is 4.79 Å². The van der Waals surface area contributed by atoms with Crippen molar-refractivity contribution in [3.63, 3.8) is 0 Å². The van der Waals surface area contributed by atoms with Crippen molar-refractivity contribution in [2.24, 2.45) is 0 Å². The number of carbonyl (C=O) groups is 1. The number of methoxy groups -OCH3 is 1. The molecule has 0 aromatic heterocycles. The lowest BCUT2D eigenvalue weighted by atomic mass is 10.0. The van der Waals surface area contributed by atoms with Crippen molar-refractivity contribution in [3.8, 4) is 5.75 Å². The summed E-state index contributed by atoms with van der Waals surface area (Å²) in [6.45, 7) is 3.96. The molecule has 17 heavy (non-hydrogen) atoms. The molecule has 2 rings (SSSR count). The fourth-order valence-electron chi connectivity index (χ4n) is 1.67. The van der Waals surface area contributed by atoms with E-state index < -0.39 is 0 Å². The monoisotopic (exact) mass is 296 g/mol. The molecule has 0 N–H and O–H groups in total.